The van der Waals surface area contributed by atoms with Gasteiger partial charge in [0, 0.05) is 25.2 Å². The first-order chi connectivity index (χ1) is 13.5. The summed E-state index contributed by atoms with van der Waals surface area (Å²) in [5, 5.41) is 0.628. The Morgan fingerprint density at radius 1 is 1.21 bits per heavy atom. The highest BCUT2D eigenvalue weighted by Gasteiger charge is 2.53. The maximum absolute atomic E-state index is 12.9. The van der Waals surface area contributed by atoms with Crippen LogP contribution in [0.1, 0.15) is 17.5 Å². The third kappa shape index (κ3) is 3.29. The van der Waals surface area contributed by atoms with E-state index in [1.807, 2.05) is 65.4 Å². The van der Waals surface area contributed by atoms with Crippen LogP contribution < -0.4 is 0 Å². The lowest BCUT2D eigenvalue weighted by Gasteiger charge is -2.54. The van der Waals surface area contributed by atoms with E-state index in [4.69, 9.17) is 16.3 Å². The summed E-state index contributed by atoms with van der Waals surface area (Å²) in [6, 6.07) is 17.4. The van der Waals surface area contributed by atoms with E-state index in [9.17, 15) is 9.59 Å². The Bertz CT molecular complexity index is 888. The van der Waals surface area contributed by atoms with Gasteiger partial charge in [0.05, 0.1) is 12.0 Å². The van der Waals surface area contributed by atoms with Crippen molar-refractivity contribution in [2.24, 2.45) is 0 Å². The van der Waals surface area contributed by atoms with Crippen molar-refractivity contribution < 1.29 is 14.3 Å². The number of likely N-dealkylation sites (tertiary alicyclic amines) is 1. The fourth-order valence-corrected chi connectivity index (χ4v) is 4.60. The maximum atomic E-state index is 12.9. The highest BCUT2D eigenvalue weighted by atomic mass is 35.5. The minimum atomic E-state index is -0.538. The molecule has 0 spiro atoms. The van der Waals surface area contributed by atoms with Crippen LogP contribution in [0.4, 0.5) is 0 Å². The molecule has 0 N–H and O–H groups in total. The molecule has 2 atom stereocenters. The molecule has 2 aliphatic heterocycles. The number of ether oxygens (including phenoxy) is 1. The number of fused-ring (bicyclic) bond motifs is 1. The zero-order chi connectivity index (χ0) is 19.7. The molecule has 5 nitrogen and oxygen atoms in total. The smallest absolute Gasteiger partial charge is 0.249 e. The Balaban J connectivity index is 1.57. The molecule has 0 radical (unpaired) electrons. The summed E-state index contributed by atoms with van der Waals surface area (Å²) in [5.41, 5.74) is 1.41. The van der Waals surface area contributed by atoms with Crippen LogP contribution in [0.5, 0.6) is 0 Å². The second-order valence-corrected chi connectivity index (χ2v) is 7.88. The normalized spacial score (nSPS) is 24.8. The van der Waals surface area contributed by atoms with Crippen molar-refractivity contribution in [3.05, 3.63) is 70.7 Å². The first kappa shape index (κ1) is 19.0. The highest BCUT2D eigenvalue weighted by Crippen LogP contribution is 2.42. The summed E-state index contributed by atoms with van der Waals surface area (Å²) in [7, 11) is 1.84. The van der Waals surface area contributed by atoms with Crippen LogP contribution in [0.15, 0.2) is 54.6 Å². The van der Waals surface area contributed by atoms with E-state index in [0.29, 0.717) is 31.0 Å². The Morgan fingerprint density at radius 3 is 2.75 bits per heavy atom. The monoisotopic (exact) mass is 398 g/mol. The van der Waals surface area contributed by atoms with Gasteiger partial charge in [-0.15, -0.1) is 0 Å². The third-order valence-electron chi connectivity index (χ3n) is 5.93. The minimum Gasteiger partial charge on any atom is -0.364 e. The largest absolute Gasteiger partial charge is 0.364 e. The predicted molar refractivity (Wildman–Crippen MR) is 107 cm³/mol. The maximum Gasteiger partial charge on any atom is 0.249 e. The topological polar surface area (TPSA) is 49.9 Å². The quantitative estimate of drug-likeness (QED) is 0.798. The van der Waals surface area contributed by atoms with Crippen LogP contribution in [0, 0.1) is 0 Å². The molecule has 2 amide bonds. The zero-order valence-electron chi connectivity index (χ0n) is 15.8. The lowest BCUT2D eigenvalue weighted by atomic mass is 9.76. The van der Waals surface area contributed by atoms with Gasteiger partial charge in [0.15, 0.2) is 0 Å². The number of likely N-dealkylation sites (N-methyl/N-ethyl adjacent to an activating group) is 1. The zero-order valence-corrected chi connectivity index (χ0v) is 16.6. The highest BCUT2D eigenvalue weighted by molar-refractivity contribution is 6.30. The molecule has 2 aliphatic rings. The van der Waals surface area contributed by atoms with Gasteiger partial charge >= 0.3 is 0 Å². The van der Waals surface area contributed by atoms with Crippen molar-refractivity contribution >= 4 is 23.4 Å². The van der Waals surface area contributed by atoms with E-state index >= 15 is 0 Å². The number of benzene rings is 2. The Hall–Kier alpha value is -2.37. The van der Waals surface area contributed by atoms with Crippen LogP contribution in [0.3, 0.4) is 0 Å². The molecule has 0 bridgehead atoms. The molecule has 6 heteroatoms. The first-order valence-electron chi connectivity index (χ1n) is 9.47. The lowest BCUT2D eigenvalue weighted by Crippen LogP contribution is -2.67. The van der Waals surface area contributed by atoms with Crippen LogP contribution in [0.25, 0.3) is 0 Å². The molecular weight excluding hydrogens is 376 g/mol. The van der Waals surface area contributed by atoms with Gasteiger partial charge in [-0.2, -0.15) is 0 Å². The SMILES string of the molecule is CN1C(=O)CO[C@@H]2CN(C(=O)Cc3cccc(Cl)c3)CC[C@]21c1ccccc1. The van der Waals surface area contributed by atoms with E-state index in [0.717, 1.165) is 11.1 Å². The van der Waals surface area contributed by atoms with Crippen LogP contribution in [-0.2, 0) is 26.3 Å². The van der Waals surface area contributed by atoms with Crippen molar-refractivity contribution in [2.75, 3.05) is 26.7 Å². The van der Waals surface area contributed by atoms with Crippen molar-refractivity contribution in [1.29, 1.82) is 0 Å². The molecule has 0 unspecified atom stereocenters. The van der Waals surface area contributed by atoms with Gasteiger partial charge in [0.25, 0.3) is 0 Å². The van der Waals surface area contributed by atoms with E-state index in [2.05, 4.69) is 0 Å². The Kier molecular flexibility index (Phi) is 5.13. The number of hydrogen-bond acceptors (Lipinski definition) is 3. The molecule has 2 aromatic carbocycles. The summed E-state index contributed by atoms with van der Waals surface area (Å²) in [5.74, 6) is 0.0193. The average Bonchev–Trinajstić information content (AvgIpc) is 2.71. The first-order valence-corrected chi connectivity index (χ1v) is 9.84. The second-order valence-electron chi connectivity index (χ2n) is 7.44. The molecular formula is C22H23ClN2O3. The van der Waals surface area contributed by atoms with Gasteiger partial charge in [-0.3, -0.25) is 9.59 Å². The van der Waals surface area contributed by atoms with Crippen LogP contribution in [0.2, 0.25) is 5.02 Å². The Labute approximate surface area is 169 Å². The number of amides is 2. The van der Waals surface area contributed by atoms with Crippen molar-refractivity contribution in [3.8, 4) is 0 Å². The number of rotatable bonds is 3. The fourth-order valence-electron chi connectivity index (χ4n) is 4.38. The summed E-state index contributed by atoms with van der Waals surface area (Å²) in [6.45, 7) is 1.09. The van der Waals surface area contributed by atoms with Gasteiger partial charge in [0.2, 0.25) is 11.8 Å². The Morgan fingerprint density at radius 2 is 2.00 bits per heavy atom. The summed E-state index contributed by atoms with van der Waals surface area (Å²) in [6.07, 6.45) is 0.695. The van der Waals surface area contributed by atoms with E-state index in [1.54, 1.807) is 6.07 Å². The summed E-state index contributed by atoms with van der Waals surface area (Å²) in [4.78, 5) is 29.0. The van der Waals surface area contributed by atoms with Crippen molar-refractivity contribution in [2.45, 2.75) is 24.5 Å². The molecule has 0 saturated carbocycles. The predicted octanol–water partition coefficient (Wildman–Crippen LogP) is 2.87. The lowest BCUT2D eigenvalue weighted by molar-refractivity contribution is -0.184. The van der Waals surface area contributed by atoms with E-state index in [-0.39, 0.29) is 24.5 Å². The standard InChI is InChI=1S/C22H23ClN2O3/c1-24-21(27)15-28-19-14-25(20(26)13-16-6-5-9-18(23)12-16)11-10-22(19,24)17-7-3-2-4-8-17/h2-9,12,19H,10-11,13-15H2,1H3/t19-,22+/m1/s1. The molecule has 2 aromatic rings. The minimum absolute atomic E-state index is 0.0289. The number of morpholine rings is 1. The van der Waals surface area contributed by atoms with Crippen LogP contribution in [-0.4, -0.2) is 54.5 Å². The van der Waals surface area contributed by atoms with Gasteiger partial charge in [-0.05, 0) is 29.7 Å². The van der Waals surface area contributed by atoms with Gasteiger partial charge in [-0.1, -0.05) is 54.1 Å². The molecule has 4 rings (SSSR count). The molecule has 2 fully saturated rings. The number of carbonyl (C=O) groups is 2. The summed E-state index contributed by atoms with van der Waals surface area (Å²) < 4.78 is 5.97. The molecule has 2 saturated heterocycles. The van der Waals surface area contributed by atoms with E-state index < -0.39 is 5.54 Å². The number of nitrogens with zero attached hydrogens (tertiary/aromatic N) is 2. The molecule has 28 heavy (non-hydrogen) atoms. The summed E-state index contributed by atoms with van der Waals surface area (Å²) >= 11 is 6.04. The fraction of sp³-hybridized carbons (Fsp3) is 0.364. The average molecular weight is 399 g/mol. The van der Waals surface area contributed by atoms with Gasteiger partial charge < -0.3 is 14.5 Å². The van der Waals surface area contributed by atoms with E-state index in [1.165, 1.54) is 0 Å². The molecule has 0 aromatic heterocycles. The van der Waals surface area contributed by atoms with Crippen molar-refractivity contribution in [3.63, 3.8) is 0 Å². The number of piperidine rings is 1. The number of hydrogen-bond donors (Lipinski definition) is 0. The molecule has 146 valence electrons. The number of halogens is 1. The third-order valence-corrected chi connectivity index (χ3v) is 6.17. The molecule has 2 heterocycles. The van der Waals surface area contributed by atoms with Crippen molar-refractivity contribution in [1.82, 2.24) is 9.80 Å². The van der Waals surface area contributed by atoms with Crippen LogP contribution >= 0.6 is 11.6 Å². The number of carbonyl (C=O) groups excluding carboxylic acids is 2. The van der Waals surface area contributed by atoms with Gasteiger partial charge in [0.1, 0.15) is 12.7 Å². The van der Waals surface area contributed by atoms with Gasteiger partial charge in [-0.25, -0.2) is 0 Å². The molecule has 0 aliphatic carbocycles. The second kappa shape index (κ2) is 7.57.